The van der Waals surface area contributed by atoms with Gasteiger partial charge in [-0.05, 0) is 68.7 Å². The van der Waals surface area contributed by atoms with Gasteiger partial charge in [-0.2, -0.15) is 0 Å². The Morgan fingerprint density at radius 1 is 1.00 bits per heavy atom. The van der Waals surface area contributed by atoms with E-state index < -0.39 is 5.60 Å². The Morgan fingerprint density at radius 3 is 2.41 bits per heavy atom. The molecule has 0 bridgehead atoms. The highest BCUT2D eigenvalue weighted by molar-refractivity contribution is 5.72. The summed E-state index contributed by atoms with van der Waals surface area (Å²) in [6.45, 7) is 4.00. The van der Waals surface area contributed by atoms with E-state index in [9.17, 15) is 4.79 Å². The molecule has 176 valence electrons. The van der Waals surface area contributed by atoms with Gasteiger partial charge in [0.05, 0.1) is 11.7 Å². The van der Waals surface area contributed by atoms with Gasteiger partial charge in [0, 0.05) is 24.6 Å². The first-order chi connectivity index (χ1) is 16.4. The minimum Gasteiger partial charge on any atom is -0.441 e. The van der Waals surface area contributed by atoms with Crippen LogP contribution in [0.25, 0.3) is 0 Å². The normalized spacial score (nSPS) is 24.0. The predicted octanol–water partition coefficient (Wildman–Crippen LogP) is 5.20. The minimum absolute atomic E-state index is 0.0948. The molecule has 1 aliphatic carbocycles. The van der Waals surface area contributed by atoms with Gasteiger partial charge < -0.3 is 15.8 Å². The Hall–Kier alpha value is -3.68. The number of anilines is 3. The number of hydrogen-bond acceptors (Lipinski definition) is 7. The van der Waals surface area contributed by atoms with Crippen LogP contribution in [0, 0.1) is 0 Å². The number of aromatic nitrogens is 3. The average Bonchev–Trinajstić information content (AvgIpc) is 3.09. The maximum absolute atomic E-state index is 12.9. The summed E-state index contributed by atoms with van der Waals surface area (Å²) in [5.41, 5.74) is 8.48. The zero-order valence-corrected chi connectivity index (χ0v) is 19.5. The Labute approximate surface area is 199 Å². The van der Waals surface area contributed by atoms with Crippen LogP contribution in [0.15, 0.2) is 61.1 Å². The summed E-state index contributed by atoms with van der Waals surface area (Å²) in [7, 11) is 0. The lowest BCUT2D eigenvalue weighted by Crippen LogP contribution is -2.42. The molecule has 1 saturated heterocycles. The van der Waals surface area contributed by atoms with Crippen LogP contribution < -0.4 is 11.1 Å². The summed E-state index contributed by atoms with van der Waals surface area (Å²) < 4.78 is 5.82. The molecular weight excluding hydrogens is 428 g/mol. The van der Waals surface area contributed by atoms with Gasteiger partial charge in [-0.3, -0.25) is 4.90 Å². The van der Waals surface area contributed by atoms with Gasteiger partial charge in [0.1, 0.15) is 11.4 Å². The number of carbonyl (C=O) groups excluding carboxylic acids is 1. The highest BCUT2D eigenvalue weighted by atomic mass is 16.6. The number of hydrogen-bond donors (Lipinski definition) is 2. The maximum Gasteiger partial charge on any atom is 0.411 e. The first kappa shape index (κ1) is 22.1. The first-order valence-corrected chi connectivity index (χ1v) is 11.8. The molecule has 0 radical (unpaired) electrons. The minimum atomic E-state index is -0.573. The van der Waals surface area contributed by atoms with Gasteiger partial charge in [0.15, 0.2) is 0 Å². The quantitative estimate of drug-likeness (QED) is 0.541. The van der Waals surface area contributed by atoms with Crippen LogP contribution in [0.1, 0.15) is 62.6 Å². The van der Waals surface area contributed by atoms with Gasteiger partial charge >= 0.3 is 6.09 Å². The lowest BCUT2D eigenvalue weighted by molar-refractivity contribution is 0.0664. The van der Waals surface area contributed by atoms with Crippen LogP contribution in [-0.2, 0) is 4.74 Å². The van der Waals surface area contributed by atoms with Crippen LogP contribution in [0.4, 0.5) is 22.2 Å². The maximum atomic E-state index is 12.9. The predicted molar refractivity (Wildman–Crippen MR) is 131 cm³/mol. The van der Waals surface area contributed by atoms with Crippen molar-refractivity contribution in [2.75, 3.05) is 11.1 Å². The van der Waals surface area contributed by atoms with Crippen molar-refractivity contribution in [2.24, 2.45) is 0 Å². The van der Waals surface area contributed by atoms with E-state index in [1.165, 1.54) is 0 Å². The highest BCUT2D eigenvalue weighted by Crippen LogP contribution is 2.46. The number of carbonyl (C=O) groups is 1. The van der Waals surface area contributed by atoms with Gasteiger partial charge in [-0.15, -0.1) is 0 Å². The second-order valence-corrected chi connectivity index (χ2v) is 9.60. The Bertz CT molecular complexity index is 1150. The molecule has 5 rings (SSSR count). The number of rotatable bonds is 5. The van der Waals surface area contributed by atoms with E-state index in [-0.39, 0.29) is 18.2 Å². The van der Waals surface area contributed by atoms with Gasteiger partial charge in [0.2, 0.25) is 5.95 Å². The highest BCUT2D eigenvalue weighted by Gasteiger charge is 2.51. The van der Waals surface area contributed by atoms with E-state index in [4.69, 9.17) is 10.5 Å². The summed E-state index contributed by atoms with van der Waals surface area (Å²) in [6.07, 6.45) is 8.74. The molecule has 1 atom stereocenters. The fourth-order valence-electron chi connectivity index (χ4n) is 5.32. The molecule has 1 saturated carbocycles. The number of nitrogens with two attached hydrogens (primary N) is 1. The van der Waals surface area contributed by atoms with Gasteiger partial charge in [-0.1, -0.05) is 30.3 Å². The molecule has 0 unspecified atom stereocenters. The van der Waals surface area contributed by atoms with Crippen molar-refractivity contribution in [3.63, 3.8) is 0 Å². The largest absolute Gasteiger partial charge is 0.441 e. The Balaban J connectivity index is 1.31. The molecule has 3 N–H and O–H groups in total. The Kier molecular flexibility index (Phi) is 5.81. The number of pyridine rings is 1. The fourth-order valence-corrected chi connectivity index (χ4v) is 5.32. The molecular formula is C26H30N6O2. The van der Waals surface area contributed by atoms with Gasteiger partial charge in [-0.25, -0.2) is 19.7 Å². The second kappa shape index (κ2) is 8.93. The van der Waals surface area contributed by atoms with Crippen molar-refractivity contribution in [3.8, 4) is 0 Å². The molecule has 8 nitrogen and oxygen atoms in total. The van der Waals surface area contributed by atoms with Crippen LogP contribution in [0.2, 0.25) is 0 Å². The number of nitrogen functional groups attached to an aromatic ring is 1. The number of amides is 1. The molecule has 8 heteroatoms. The van der Waals surface area contributed by atoms with Crippen molar-refractivity contribution in [1.82, 2.24) is 19.9 Å². The van der Waals surface area contributed by atoms with Crippen LogP contribution in [0.5, 0.6) is 0 Å². The van der Waals surface area contributed by atoms with Crippen molar-refractivity contribution in [1.29, 1.82) is 0 Å². The molecule has 0 spiro atoms. The third-order valence-electron chi connectivity index (χ3n) is 6.93. The summed E-state index contributed by atoms with van der Waals surface area (Å²) in [5, 5.41) is 3.16. The molecule has 2 aliphatic rings. The number of nitrogens with one attached hydrogen (secondary N) is 1. The molecule has 1 aromatic carbocycles. The first-order valence-electron chi connectivity index (χ1n) is 11.8. The Morgan fingerprint density at radius 2 is 1.71 bits per heavy atom. The second-order valence-electron chi connectivity index (χ2n) is 9.60. The van der Waals surface area contributed by atoms with E-state index in [1.807, 2.05) is 49.2 Å². The summed E-state index contributed by atoms with van der Waals surface area (Å²) in [6, 6.07) is 14.1. The third kappa shape index (κ3) is 4.27. The standard InChI is InChI=1S/C26H30N6O2/c1-26(2)22(18-7-4-3-5-8-18)32(25(33)34-26)20-11-9-17(10-12-20)19-15-21(23(27)30-16-19)31-24-28-13-6-14-29-24/h3-8,13-17,20,22H,9-12H2,1-2H3,(H2,27,30)(H,28,29,31)/t17-,20-,22-/m0/s1. The fraction of sp³-hybridized carbons (Fsp3) is 0.385. The topological polar surface area (TPSA) is 106 Å². The SMILES string of the molecule is CC1(C)OC(=O)N([C@H]2CC[C@H](c3cnc(N)c(Nc4ncccn4)c3)CC2)[C@H]1c1ccccc1. The van der Waals surface area contributed by atoms with Crippen molar-refractivity contribution < 1.29 is 9.53 Å². The van der Waals surface area contributed by atoms with E-state index in [1.54, 1.807) is 18.5 Å². The average molecular weight is 459 g/mol. The van der Waals surface area contributed by atoms with E-state index in [2.05, 4.69) is 32.4 Å². The number of cyclic esters (lactones) is 1. The van der Waals surface area contributed by atoms with E-state index >= 15 is 0 Å². The van der Waals surface area contributed by atoms with Crippen LogP contribution >= 0.6 is 0 Å². The number of ether oxygens (including phenoxy) is 1. The third-order valence-corrected chi connectivity index (χ3v) is 6.93. The van der Waals surface area contributed by atoms with Crippen molar-refractivity contribution >= 4 is 23.5 Å². The monoisotopic (exact) mass is 458 g/mol. The zero-order chi connectivity index (χ0) is 23.7. The molecule has 34 heavy (non-hydrogen) atoms. The van der Waals surface area contributed by atoms with Crippen LogP contribution in [-0.4, -0.2) is 37.6 Å². The lowest BCUT2D eigenvalue weighted by Gasteiger charge is -2.38. The molecule has 3 aromatic rings. The van der Waals surface area contributed by atoms with E-state index in [0.29, 0.717) is 23.4 Å². The van der Waals surface area contributed by atoms with Crippen molar-refractivity contribution in [3.05, 3.63) is 72.2 Å². The molecule has 3 heterocycles. The summed E-state index contributed by atoms with van der Waals surface area (Å²) in [4.78, 5) is 27.7. The van der Waals surface area contributed by atoms with Crippen molar-refractivity contribution in [2.45, 2.75) is 63.1 Å². The summed E-state index contributed by atoms with van der Waals surface area (Å²) >= 11 is 0. The number of nitrogens with zero attached hydrogens (tertiary/aromatic N) is 4. The molecule has 1 amide bonds. The molecule has 2 fully saturated rings. The van der Waals surface area contributed by atoms with Gasteiger partial charge in [0.25, 0.3) is 0 Å². The molecule has 2 aromatic heterocycles. The van der Waals surface area contributed by atoms with E-state index in [0.717, 1.165) is 36.8 Å². The molecule has 1 aliphatic heterocycles. The zero-order valence-electron chi connectivity index (χ0n) is 19.5. The smallest absolute Gasteiger partial charge is 0.411 e. The lowest BCUT2D eigenvalue weighted by atomic mass is 9.80. The van der Waals surface area contributed by atoms with Crippen LogP contribution in [0.3, 0.4) is 0 Å². The summed E-state index contributed by atoms with van der Waals surface area (Å²) in [5.74, 6) is 1.25. The number of benzene rings is 1.